The summed E-state index contributed by atoms with van der Waals surface area (Å²) in [5.74, 6) is 1.18. The molecular weight excluding hydrogens is 420 g/mol. The van der Waals surface area contributed by atoms with Gasteiger partial charge in [0.25, 0.3) is 10.1 Å². The van der Waals surface area contributed by atoms with Gasteiger partial charge >= 0.3 is 12.0 Å². The van der Waals surface area contributed by atoms with Crippen LogP contribution in [-0.4, -0.2) is 27.9 Å². The number of anilines is 2. The molecule has 4 aromatic rings. The first-order valence-corrected chi connectivity index (χ1v) is 10.5. The highest BCUT2D eigenvalue weighted by atomic mass is 32.2. The maximum absolute atomic E-state index is 11.2. The number of hydrogen-bond acceptors (Lipinski definition) is 8. The Morgan fingerprint density at radius 2 is 1.16 bits per heavy atom. The molecule has 0 aliphatic rings. The minimum Gasteiger partial charge on any atom is -0.424 e. The van der Waals surface area contributed by atoms with Gasteiger partial charge in [0.15, 0.2) is 0 Å². The zero-order valence-electron chi connectivity index (χ0n) is 15.9. The van der Waals surface area contributed by atoms with Crippen LogP contribution in [0.5, 0.6) is 23.5 Å². The summed E-state index contributed by atoms with van der Waals surface area (Å²) < 4.78 is 42.9. The minimum absolute atomic E-state index is 0.00388. The highest BCUT2D eigenvalue weighted by molar-refractivity contribution is 7.85. The summed E-state index contributed by atoms with van der Waals surface area (Å²) in [6, 6.07) is 23.4. The van der Waals surface area contributed by atoms with Crippen molar-refractivity contribution in [2.75, 3.05) is 5.32 Å². The Labute approximate surface area is 178 Å². The van der Waals surface area contributed by atoms with E-state index < -0.39 is 10.1 Å². The van der Waals surface area contributed by atoms with Crippen molar-refractivity contribution in [3.8, 4) is 23.5 Å². The second-order valence-electron chi connectivity index (χ2n) is 6.18. The van der Waals surface area contributed by atoms with Gasteiger partial charge in [0.2, 0.25) is 5.95 Å². The summed E-state index contributed by atoms with van der Waals surface area (Å²) in [5.41, 5.74) is 0.481. The molecule has 1 aromatic heterocycles. The summed E-state index contributed by atoms with van der Waals surface area (Å²) in [6.07, 6.45) is 0. The smallest absolute Gasteiger partial charge is 0.330 e. The van der Waals surface area contributed by atoms with Gasteiger partial charge in [-0.2, -0.15) is 18.4 Å². The first-order valence-electron chi connectivity index (χ1n) is 9.02. The van der Waals surface area contributed by atoms with E-state index in [1.54, 1.807) is 24.3 Å². The first-order chi connectivity index (χ1) is 15.0. The van der Waals surface area contributed by atoms with Crippen molar-refractivity contribution in [2.24, 2.45) is 0 Å². The monoisotopic (exact) mass is 436 g/mol. The van der Waals surface area contributed by atoms with E-state index in [9.17, 15) is 8.42 Å². The van der Waals surface area contributed by atoms with E-state index in [0.29, 0.717) is 17.2 Å². The molecule has 0 unspecified atom stereocenters. The van der Waals surface area contributed by atoms with Crippen LogP contribution in [0, 0.1) is 0 Å². The van der Waals surface area contributed by atoms with Crippen LogP contribution in [0.4, 0.5) is 11.6 Å². The minimum atomic E-state index is -4.28. The Morgan fingerprint density at radius 1 is 0.677 bits per heavy atom. The molecule has 31 heavy (non-hydrogen) atoms. The molecule has 2 N–H and O–H groups in total. The van der Waals surface area contributed by atoms with E-state index in [0.717, 1.165) is 0 Å². The normalized spacial score (nSPS) is 11.0. The third-order valence-electron chi connectivity index (χ3n) is 3.91. The summed E-state index contributed by atoms with van der Waals surface area (Å²) in [5, 5.41) is 2.94. The Kier molecular flexibility index (Phi) is 5.74. The number of benzene rings is 3. The quantitative estimate of drug-likeness (QED) is 0.404. The van der Waals surface area contributed by atoms with Gasteiger partial charge in [0.05, 0.1) is 4.90 Å². The number of rotatable bonds is 7. The Morgan fingerprint density at radius 3 is 1.61 bits per heavy atom. The molecule has 3 aromatic carbocycles. The summed E-state index contributed by atoms with van der Waals surface area (Å²) in [4.78, 5) is 12.4. The zero-order valence-corrected chi connectivity index (χ0v) is 16.7. The molecule has 10 heteroatoms. The molecule has 0 fully saturated rings. The molecule has 0 radical (unpaired) electrons. The maximum atomic E-state index is 11.2. The van der Waals surface area contributed by atoms with Crippen LogP contribution >= 0.6 is 0 Å². The molecule has 0 amide bonds. The number of aromatic nitrogens is 3. The molecular formula is C21H16N4O5S. The summed E-state index contributed by atoms with van der Waals surface area (Å²) in [6.45, 7) is 0. The molecule has 0 spiro atoms. The fourth-order valence-corrected chi connectivity index (χ4v) is 2.99. The summed E-state index contributed by atoms with van der Waals surface area (Å²) >= 11 is 0. The van der Waals surface area contributed by atoms with Gasteiger partial charge in [0.1, 0.15) is 11.5 Å². The first kappa shape index (κ1) is 20.3. The average Bonchev–Trinajstić information content (AvgIpc) is 2.75. The SMILES string of the molecule is O=S(=O)(O)c1ccc(Nc2nc(Oc3ccccc3)nc(Oc3ccccc3)n2)cc1. The van der Waals surface area contributed by atoms with Crippen LogP contribution in [0.2, 0.25) is 0 Å². The molecule has 156 valence electrons. The van der Waals surface area contributed by atoms with Gasteiger partial charge < -0.3 is 14.8 Å². The second kappa shape index (κ2) is 8.78. The topological polar surface area (TPSA) is 124 Å². The van der Waals surface area contributed by atoms with Gasteiger partial charge in [-0.05, 0) is 48.5 Å². The highest BCUT2D eigenvalue weighted by Gasteiger charge is 2.13. The van der Waals surface area contributed by atoms with Crippen LogP contribution in [0.15, 0.2) is 89.8 Å². The average molecular weight is 436 g/mol. The third kappa shape index (κ3) is 5.53. The van der Waals surface area contributed by atoms with Crippen molar-refractivity contribution in [3.63, 3.8) is 0 Å². The Balaban J connectivity index is 1.63. The number of nitrogens with zero attached hydrogens (tertiary/aromatic N) is 3. The molecule has 0 saturated carbocycles. The van der Waals surface area contributed by atoms with Crippen molar-refractivity contribution in [1.29, 1.82) is 0 Å². The molecule has 0 saturated heterocycles. The van der Waals surface area contributed by atoms with Gasteiger partial charge in [-0.1, -0.05) is 36.4 Å². The highest BCUT2D eigenvalue weighted by Crippen LogP contribution is 2.25. The van der Waals surface area contributed by atoms with E-state index in [2.05, 4.69) is 20.3 Å². The van der Waals surface area contributed by atoms with E-state index in [1.807, 2.05) is 36.4 Å². The van der Waals surface area contributed by atoms with Crippen LogP contribution in [0.3, 0.4) is 0 Å². The lowest BCUT2D eigenvalue weighted by molar-refractivity contribution is 0.399. The summed E-state index contributed by atoms with van der Waals surface area (Å²) in [7, 11) is -4.28. The largest absolute Gasteiger partial charge is 0.424 e. The van der Waals surface area contributed by atoms with Crippen molar-refractivity contribution < 1.29 is 22.4 Å². The van der Waals surface area contributed by atoms with Crippen molar-refractivity contribution in [1.82, 2.24) is 15.0 Å². The predicted octanol–water partition coefficient (Wildman–Crippen LogP) is 4.45. The predicted molar refractivity (Wildman–Crippen MR) is 112 cm³/mol. The molecule has 0 atom stereocenters. The fraction of sp³-hybridized carbons (Fsp3) is 0. The molecule has 9 nitrogen and oxygen atoms in total. The molecule has 0 aliphatic heterocycles. The van der Waals surface area contributed by atoms with E-state index >= 15 is 0 Å². The van der Waals surface area contributed by atoms with E-state index in [-0.39, 0.29) is 22.9 Å². The molecule has 1 heterocycles. The molecule has 0 bridgehead atoms. The van der Waals surface area contributed by atoms with Crippen LogP contribution < -0.4 is 14.8 Å². The maximum Gasteiger partial charge on any atom is 0.330 e. The lowest BCUT2D eigenvalue weighted by atomic mass is 10.3. The fourth-order valence-electron chi connectivity index (χ4n) is 2.51. The van der Waals surface area contributed by atoms with Gasteiger partial charge in [-0.3, -0.25) is 4.55 Å². The van der Waals surface area contributed by atoms with Crippen molar-refractivity contribution >= 4 is 21.8 Å². The van der Waals surface area contributed by atoms with E-state index in [4.69, 9.17) is 14.0 Å². The lowest BCUT2D eigenvalue weighted by Gasteiger charge is -2.10. The van der Waals surface area contributed by atoms with Crippen molar-refractivity contribution in [3.05, 3.63) is 84.9 Å². The van der Waals surface area contributed by atoms with Crippen LogP contribution in [0.25, 0.3) is 0 Å². The standard InChI is InChI=1S/C21H16N4O5S/c26-31(27,28)18-13-11-15(12-14-18)22-19-23-20(29-16-7-3-1-4-8-16)25-21(24-19)30-17-9-5-2-6-10-17/h1-14H,(H,26,27,28)(H,22,23,24,25). The number of nitrogens with one attached hydrogen (secondary N) is 1. The Bertz CT molecular complexity index is 1210. The Hall–Kier alpha value is -4.02. The van der Waals surface area contributed by atoms with Gasteiger partial charge in [-0.15, -0.1) is 4.98 Å². The number of para-hydroxylation sites is 2. The second-order valence-corrected chi connectivity index (χ2v) is 7.60. The van der Waals surface area contributed by atoms with Gasteiger partial charge in [0, 0.05) is 5.69 Å². The van der Waals surface area contributed by atoms with Crippen molar-refractivity contribution in [2.45, 2.75) is 4.90 Å². The molecule has 0 aliphatic carbocycles. The third-order valence-corrected chi connectivity index (χ3v) is 4.78. The van der Waals surface area contributed by atoms with E-state index in [1.165, 1.54) is 24.3 Å². The number of ether oxygens (including phenoxy) is 2. The van der Waals surface area contributed by atoms with Gasteiger partial charge in [-0.25, -0.2) is 0 Å². The molecule has 4 rings (SSSR count). The van der Waals surface area contributed by atoms with Crippen LogP contribution in [0.1, 0.15) is 0 Å². The zero-order chi connectivity index (χ0) is 21.7. The van der Waals surface area contributed by atoms with Crippen LogP contribution in [-0.2, 0) is 10.1 Å². The lowest BCUT2D eigenvalue weighted by Crippen LogP contribution is -2.04. The number of hydrogen-bond donors (Lipinski definition) is 2.